The monoisotopic (exact) mass is 278 g/mol. The van der Waals surface area contributed by atoms with Crippen LogP contribution in [-0.4, -0.2) is 9.97 Å². The molecular weight excluding hydrogens is 260 g/mol. The molecule has 106 valence electrons. The van der Waals surface area contributed by atoms with Crippen molar-refractivity contribution in [3.8, 4) is 0 Å². The number of hydrazine groups is 1. The Balaban J connectivity index is 1.93. The van der Waals surface area contributed by atoms with Crippen LogP contribution in [0.25, 0.3) is 11.0 Å². The second-order valence-corrected chi connectivity index (χ2v) is 5.15. The van der Waals surface area contributed by atoms with Crippen molar-refractivity contribution in [2.45, 2.75) is 19.4 Å². The number of fused-ring (bicyclic) bond motifs is 1. The summed E-state index contributed by atoms with van der Waals surface area (Å²) >= 11 is 0. The number of rotatable bonds is 4. The molecule has 0 aliphatic heterocycles. The summed E-state index contributed by atoms with van der Waals surface area (Å²) in [6.45, 7) is 2.12. The second kappa shape index (κ2) is 5.99. The zero-order chi connectivity index (χ0) is 14.7. The van der Waals surface area contributed by atoms with Gasteiger partial charge in [0.05, 0.1) is 17.1 Å². The maximum absolute atomic E-state index is 5.76. The van der Waals surface area contributed by atoms with Gasteiger partial charge in [0.15, 0.2) is 0 Å². The van der Waals surface area contributed by atoms with E-state index in [0.29, 0.717) is 0 Å². The summed E-state index contributed by atoms with van der Waals surface area (Å²) in [6, 6.07) is 14.5. The molecular formula is C17H18N4. The van der Waals surface area contributed by atoms with Crippen LogP contribution in [-0.2, 0) is 6.42 Å². The molecule has 2 aromatic carbocycles. The van der Waals surface area contributed by atoms with Gasteiger partial charge in [0.25, 0.3) is 0 Å². The third-order valence-electron chi connectivity index (χ3n) is 3.78. The molecule has 4 nitrogen and oxygen atoms in total. The topological polar surface area (TPSA) is 63.8 Å². The van der Waals surface area contributed by atoms with Crippen LogP contribution in [0, 0.1) is 6.92 Å². The molecule has 0 saturated heterocycles. The van der Waals surface area contributed by atoms with Gasteiger partial charge in [0.1, 0.15) is 0 Å². The minimum atomic E-state index is 0.0532. The van der Waals surface area contributed by atoms with Crippen LogP contribution in [0.2, 0.25) is 0 Å². The fourth-order valence-corrected chi connectivity index (χ4v) is 2.53. The van der Waals surface area contributed by atoms with Gasteiger partial charge in [-0.1, -0.05) is 30.3 Å². The van der Waals surface area contributed by atoms with E-state index >= 15 is 0 Å². The summed E-state index contributed by atoms with van der Waals surface area (Å²) in [6.07, 6.45) is 4.25. The van der Waals surface area contributed by atoms with E-state index in [1.54, 1.807) is 12.4 Å². The summed E-state index contributed by atoms with van der Waals surface area (Å²) < 4.78 is 0. The number of benzene rings is 2. The Morgan fingerprint density at radius 3 is 2.57 bits per heavy atom. The molecule has 0 aliphatic carbocycles. The first kappa shape index (κ1) is 13.7. The summed E-state index contributed by atoms with van der Waals surface area (Å²) in [4.78, 5) is 8.64. The molecule has 3 aromatic rings. The van der Waals surface area contributed by atoms with E-state index < -0.39 is 0 Å². The number of hydrogen-bond acceptors (Lipinski definition) is 4. The van der Waals surface area contributed by atoms with Crippen LogP contribution in [0.4, 0.5) is 0 Å². The Bertz CT molecular complexity index is 754. The van der Waals surface area contributed by atoms with E-state index in [0.717, 1.165) is 23.0 Å². The van der Waals surface area contributed by atoms with Crippen molar-refractivity contribution in [1.82, 2.24) is 15.4 Å². The number of nitrogens with zero attached hydrogens (tertiary/aromatic N) is 2. The molecule has 1 atom stereocenters. The van der Waals surface area contributed by atoms with E-state index in [2.05, 4.69) is 52.6 Å². The molecule has 0 fully saturated rings. The second-order valence-electron chi connectivity index (χ2n) is 5.15. The fourth-order valence-electron chi connectivity index (χ4n) is 2.53. The van der Waals surface area contributed by atoms with Crippen molar-refractivity contribution in [2.75, 3.05) is 0 Å². The summed E-state index contributed by atoms with van der Waals surface area (Å²) in [5.41, 5.74) is 8.38. The molecule has 0 spiro atoms. The number of nitrogens with two attached hydrogens (primary N) is 1. The molecule has 1 unspecified atom stereocenters. The van der Waals surface area contributed by atoms with Gasteiger partial charge in [-0.3, -0.25) is 21.2 Å². The van der Waals surface area contributed by atoms with Gasteiger partial charge in [-0.25, -0.2) is 0 Å². The molecule has 0 radical (unpaired) electrons. The summed E-state index contributed by atoms with van der Waals surface area (Å²) in [5.74, 6) is 5.76. The number of hydrogen-bond donors (Lipinski definition) is 2. The number of aromatic nitrogens is 2. The van der Waals surface area contributed by atoms with Crippen LogP contribution in [0.15, 0.2) is 54.9 Å². The molecule has 1 heterocycles. The Hall–Kier alpha value is -2.30. The fraction of sp³-hybridized carbons (Fsp3) is 0.176. The first-order valence-corrected chi connectivity index (χ1v) is 6.99. The molecule has 0 aliphatic rings. The number of nitrogens with one attached hydrogen (secondary N) is 1. The predicted molar refractivity (Wildman–Crippen MR) is 84.5 cm³/mol. The molecule has 0 saturated carbocycles. The average Bonchev–Trinajstić information content (AvgIpc) is 2.54. The Morgan fingerprint density at radius 2 is 1.81 bits per heavy atom. The summed E-state index contributed by atoms with van der Waals surface area (Å²) in [7, 11) is 0. The Morgan fingerprint density at radius 1 is 1.05 bits per heavy atom. The minimum Gasteiger partial charge on any atom is -0.271 e. The SMILES string of the molecule is Cc1ccccc1CC(NN)c1ccc2nccnc2c1. The molecule has 3 N–H and O–H groups in total. The highest BCUT2D eigenvalue weighted by Crippen LogP contribution is 2.22. The van der Waals surface area contributed by atoms with Gasteiger partial charge < -0.3 is 0 Å². The van der Waals surface area contributed by atoms with E-state index in [1.807, 2.05) is 12.1 Å². The van der Waals surface area contributed by atoms with Crippen molar-refractivity contribution >= 4 is 11.0 Å². The van der Waals surface area contributed by atoms with E-state index in [1.165, 1.54) is 11.1 Å². The smallest absolute Gasteiger partial charge is 0.0890 e. The van der Waals surface area contributed by atoms with Crippen molar-refractivity contribution < 1.29 is 0 Å². The number of aryl methyl sites for hydroxylation is 1. The maximum Gasteiger partial charge on any atom is 0.0890 e. The van der Waals surface area contributed by atoms with Crippen LogP contribution in [0.5, 0.6) is 0 Å². The first-order valence-electron chi connectivity index (χ1n) is 6.99. The van der Waals surface area contributed by atoms with Crippen LogP contribution in [0.1, 0.15) is 22.7 Å². The highest BCUT2D eigenvalue weighted by atomic mass is 15.2. The van der Waals surface area contributed by atoms with Gasteiger partial charge in [-0.05, 0) is 42.2 Å². The molecule has 0 amide bonds. The minimum absolute atomic E-state index is 0.0532. The standard InChI is InChI=1S/C17H18N4/c1-12-4-2-3-5-13(12)10-16(21-18)14-6-7-15-17(11-14)20-9-8-19-15/h2-9,11,16,21H,10,18H2,1H3. The van der Waals surface area contributed by atoms with Crippen molar-refractivity contribution in [3.63, 3.8) is 0 Å². The van der Waals surface area contributed by atoms with Gasteiger partial charge in [-0.15, -0.1) is 0 Å². The largest absolute Gasteiger partial charge is 0.271 e. The maximum atomic E-state index is 5.76. The first-order chi connectivity index (χ1) is 10.3. The van der Waals surface area contributed by atoms with E-state index in [4.69, 9.17) is 5.84 Å². The van der Waals surface area contributed by atoms with Crippen molar-refractivity contribution in [1.29, 1.82) is 0 Å². The lowest BCUT2D eigenvalue weighted by Gasteiger charge is -2.18. The van der Waals surface area contributed by atoms with Gasteiger partial charge in [0, 0.05) is 12.4 Å². The van der Waals surface area contributed by atoms with Crippen LogP contribution < -0.4 is 11.3 Å². The lowest BCUT2D eigenvalue weighted by molar-refractivity contribution is 0.551. The van der Waals surface area contributed by atoms with Gasteiger partial charge >= 0.3 is 0 Å². The van der Waals surface area contributed by atoms with Crippen LogP contribution in [0.3, 0.4) is 0 Å². The van der Waals surface area contributed by atoms with E-state index in [-0.39, 0.29) is 6.04 Å². The third-order valence-corrected chi connectivity index (χ3v) is 3.78. The van der Waals surface area contributed by atoms with Crippen molar-refractivity contribution in [2.24, 2.45) is 5.84 Å². The highest BCUT2D eigenvalue weighted by molar-refractivity contribution is 5.74. The normalized spacial score (nSPS) is 12.5. The third kappa shape index (κ3) is 2.91. The predicted octanol–water partition coefficient (Wildman–Crippen LogP) is 2.69. The summed E-state index contributed by atoms with van der Waals surface area (Å²) in [5, 5.41) is 0. The molecule has 4 heteroatoms. The molecule has 3 rings (SSSR count). The average molecular weight is 278 g/mol. The Kier molecular flexibility index (Phi) is 3.90. The quantitative estimate of drug-likeness (QED) is 0.569. The van der Waals surface area contributed by atoms with E-state index in [9.17, 15) is 0 Å². The van der Waals surface area contributed by atoms with Crippen LogP contribution >= 0.6 is 0 Å². The zero-order valence-electron chi connectivity index (χ0n) is 12.0. The molecule has 1 aromatic heterocycles. The van der Waals surface area contributed by atoms with Crippen molar-refractivity contribution in [3.05, 3.63) is 71.5 Å². The lowest BCUT2D eigenvalue weighted by Crippen LogP contribution is -2.29. The van der Waals surface area contributed by atoms with Gasteiger partial charge in [-0.2, -0.15) is 0 Å². The molecule has 21 heavy (non-hydrogen) atoms. The molecule has 0 bridgehead atoms. The lowest BCUT2D eigenvalue weighted by atomic mass is 9.96. The Labute approximate surface area is 124 Å². The zero-order valence-corrected chi connectivity index (χ0v) is 12.0. The van der Waals surface area contributed by atoms with Gasteiger partial charge in [0.2, 0.25) is 0 Å². The highest BCUT2D eigenvalue weighted by Gasteiger charge is 2.12.